The van der Waals surface area contributed by atoms with E-state index in [4.69, 9.17) is 0 Å². The van der Waals surface area contributed by atoms with Gasteiger partial charge in [0.2, 0.25) is 15.9 Å². The van der Waals surface area contributed by atoms with Crippen molar-refractivity contribution in [1.29, 1.82) is 0 Å². The van der Waals surface area contributed by atoms with Crippen molar-refractivity contribution < 1.29 is 35.6 Å². The first-order valence-corrected chi connectivity index (χ1v) is 12.5. The van der Waals surface area contributed by atoms with E-state index in [9.17, 15) is 30.8 Å². The molecule has 0 aliphatic carbocycles. The van der Waals surface area contributed by atoms with Gasteiger partial charge < -0.3 is 4.74 Å². The molecule has 1 amide bonds. The van der Waals surface area contributed by atoms with Gasteiger partial charge in [-0.1, -0.05) is 6.07 Å². The summed E-state index contributed by atoms with van der Waals surface area (Å²) in [5.41, 5.74) is -0.00273. The SMILES string of the molecule is COC(=O)c1cccc(S(=O)(=O)NC(=O)C2CCCN(S(=O)(=O)c3ccc(F)cc3)C2)c1. The number of benzene rings is 2. The molecule has 0 radical (unpaired) electrons. The summed E-state index contributed by atoms with van der Waals surface area (Å²) in [4.78, 5) is 23.9. The highest BCUT2D eigenvalue weighted by Crippen LogP contribution is 2.24. The van der Waals surface area contributed by atoms with Crippen LogP contribution in [0.2, 0.25) is 0 Å². The number of nitrogens with one attached hydrogen (secondary N) is 1. The Morgan fingerprint density at radius 2 is 1.75 bits per heavy atom. The third kappa shape index (κ3) is 5.14. The van der Waals surface area contributed by atoms with E-state index in [1.54, 1.807) is 0 Å². The minimum absolute atomic E-state index is 0.00273. The molecule has 172 valence electrons. The average molecular weight is 485 g/mol. The normalized spacial score (nSPS) is 17.5. The van der Waals surface area contributed by atoms with Crippen LogP contribution in [0.4, 0.5) is 4.39 Å². The van der Waals surface area contributed by atoms with Gasteiger partial charge in [-0.15, -0.1) is 0 Å². The Morgan fingerprint density at radius 1 is 1.06 bits per heavy atom. The van der Waals surface area contributed by atoms with Crippen LogP contribution in [0, 0.1) is 11.7 Å². The first kappa shape index (κ1) is 23.8. The summed E-state index contributed by atoms with van der Waals surface area (Å²) in [6, 6.07) is 9.31. The number of esters is 1. The zero-order valence-corrected chi connectivity index (χ0v) is 18.7. The molecule has 0 aromatic heterocycles. The molecule has 1 fully saturated rings. The maximum Gasteiger partial charge on any atom is 0.337 e. The number of hydrogen-bond acceptors (Lipinski definition) is 7. The number of piperidine rings is 1. The summed E-state index contributed by atoms with van der Waals surface area (Å²) in [5.74, 6) is -3.08. The van der Waals surface area contributed by atoms with Gasteiger partial charge >= 0.3 is 5.97 Å². The second-order valence-electron chi connectivity index (χ2n) is 7.15. The first-order chi connectivity index (χ1) is 15.0. The number of ether oxygens (including phenoxy) is 1. The van der Waals surface area contributed by atoms with Crippen LogP contribution in [0.15, 0.2) is 58.3 Å². The molecular formula is C20H21FN2O7S2. The second-order valence-corrected chi connectivity index (χ2v) is 10.8. The molecule has 32 heavy (non-hydrogen) atoms. The van der Waals surface area contributed by atoms with Gasteiger partial charge in [0.15, 0.2) is 0 Å². The van der Waals surface area contributed by atoms with Gasteiger partial charge in [-0.2, -0.15) is 4.31 Å². The summed E-state index contributed by atoms with van der Waals surface area (Å²) in [6.07, 6.45) is 0.634. The van der Waals surface area contributed by atoms with E-state index in [1.807, 2.05) is 4.72 Å². The van der Waals surface area contributed by atoms with Crippen LogP contribution in [0.25, 0.3) is 0 Å². The van der Waals surface area contributed by atoms with Crippen LogP contribution in [0.1, 0.15) is 23.2 Å². The number of nitrogens with zero attached hydrogens (tertiary/aromatic N) is 1. The van der Waals surface area contributed by atoms with Crippen molar-refractivity contribution in [2.75, 3.05) is 20.2 Å². The highest BCUT2D eigenvalue weighted by atomic mass is 32.2. The van der Waals surface area contributed by atoms with Gasteiger partial charge in [-0.3, -0.25) is 4.79 Å². The summed E-state index contributed by atoms with van der Waals surface area (Å²) in [5, 5.41) is 0. The predicted molar refractivity (Wildman–Crippen MR) is 111 cm³/mol. The minimum atomic E-state index is -4.30. The molecule has 1 unspecified atom stereocenters. The van der Waals surface area contributed by atoms with Gasteiger partial charge in [-0.05, 0) is 55.3 Å². The van der Waals surface area contributed by atoms with E-state index >= 15 is 0 Å². The van der Waals surface area contributed by atoms with Gasteiger partial charge in [0.25, 0.3) is 10.0 Å². The molecule has 1 saturated heterocycles. The molecule has 9 nitrogen and oxygen atoms in total. The van der Waals surface area contributed by atoms with Gasteiger partial charge in [-0.25, -0.2) is 30.7 Å². The molecule has 2 aromatic carbocycles. The molecule has 12 heteroatoms. The predicted octanol–water partition coefficient (Wildman–Crippen LogP) is 1.52. The molecule has 0 bridgehead atoms. The van der Waals surface area contributed by atoms with E-state index in [0.29, 0.717) is 12.8 Å². The molecule has 1 atom stereocenters. The molecule has 1 aliphatic heterocycles. The maximum absolute atomic E-state index is 13.1. The Bertz CT molecular complexity index is 1230. The smallest absolute Gasteiger partial charge is 0.337 e. The van der Waals surface area contributed by atoms with Crippen molar-refractivity contribution in [3.05, 3.63) is 59.9 Å². The van der Waals surface area contributed by atoms with E-state index in [2.05, 4.69) is 4.74 Å². The van der Waals surface area contributed by atoms with Crippen molar-refractivity contribution >= 4 is 31.9 Å². The molecular weight excluding hydrogens is 463 g/mol. The standard InChI is InChI=1S/C20H21FN2O7S2/c1-30-20(25)14-4-2-6-18(12-14)31(26,27)22-19(24)15-5-3-11-23(13-15)32(28,29)17-9-7-16(21)8-10-17/h2,4,6-10,12,15H,3,5,11,13H2,1H3,(H,22,24). The number of hydrogen-bond donors (Lipinski definition) is 1. The zero-order valence-electron chi connectivity index (χ0n) is 17.0. The van der Waals surface area contributed by atoms with Crippen molar-refractivity contribution in [1.82, 2.24) is 9.03 Å². The number of amides is 1. The fourth-order valence-corrected chi connectivity index (χ4v) is 5.93. The molecule has 3 rings (SSSR count). The number of sulfonamides is 2. The number of halogens is 1. The van der Waals surface area contributed by atoms with Gasteiger partial charge in [0.1, 0.15) is 5.82 Å². The fourth-order valence-electron chi connectivity index (χ4n) is 3.31. The lowest BCUT2D eigenvalue weighted by Gasteiger charge is -2.31. The summed E-state index contributed by atoms with van der Waals surface area (Å²) in [6.45, 7) is -0.0688. The molecule has 0 spiro atoms. The summed E-state index contributed by atoms with van der Waals surface area (Å²) < 4.78 is 71.6. The largest absolute Gasteiger partial charge is 0.465 e. The van der Waals surface area contributed by atoms with Crippen LogP contribution >= 0.6 is 0 Å². The highest BCUT2D eigenvalue weighted by molar-refractivity contribution is 7.90. The summed E-state index contributed by atoms with van der Waals surface area (Å²) >= 11 is 0. The highest BCUT2D eigenvalue weighted by Gasteiger charge is 2.35. The minimum Gasteiger partial charge on any atom is -0.465 e. The van der Waals surface area contributed by atoms with Crippen LogP contribution in [-0.2, 0) is 29.6 Å². The van der Waals surface area contributed by atoms with Gasteiger partial charge in [0.05, 0.1) is 28.4 Å². The first-order valence-electron chi connectivity index (χ1n) is 9.55. The van der Waals surface area contributed by atoms with Crippen LogP contribution in [-0.4, -0.2) is 53.2 Å². The van der Waals surface area contributed by atoms with E-state index in [0.717, 1.165) is 41.7 Å². The lowest BCUT2D eigenvalue weighted by atomic mass is 9.99. The number of carbonyl (C=O) groups excluding carboxylic acids is 2. The van der Waals surface area contributed by atoms with E-state index < -0.39 is 43.7 Å². The monoisotopic (exact) mass is 484 g/mol. The average Bonchev–Trinajstić information content (AvgIpc) is 2.78. The van der Waals surface area contributed by atoms with Crippen LogP contribution in [0.5, 0.6) is 0 Å². The van der Waals surface area contributed by atoms with Crippen molar-refractivity contribution in [2.24, 2.45) is 5.92 Å². The van der Waals surface area contributed by atoms with E-state index in [-0.39, 0.29) is 28.4 Å². The van der Waals surface area contributed by atoms with E-state index in [1.165, 1.54) is 18.2 Å². The molecule has 2 aromatic rings. The second kappa shape index (κ2) is 9.35. The third-order valence-electron chi connectivity index (χ3n) is 5.01. The molecule has 0 saturated carbocycles. The molecule has 1 N–H and O–H groups in total. The maximum atomic E-state index is 13.1. The Labute approximate surface area is 185 Å². The number of rotatable bonds is 6. The third-order valence-corrected chi connectivity index (χ3v) is 8.23. The lowest BCUT2D eigenvalue weighted by molar-refractivity contribution is -0.124. The van der Waals surface area contributed by atoms with Crippen molar-refractivity contribution in [3.63, 3.8) is 0 Å². The quantitative estimate of drug-likeness (QED) is 0.616. The Hall–Kier alpha value is -2.83. The number of methoxy groups -OCH3 is 1. The van der Waals surface area contributed by atoms with Crippen LogP contribution < -0.4 is 4.72 Å². The Balaban J connectivity index is 1.75. The van der Waals surface area contributed by atoms with Gasteiger partial charge in [0, 0.05) is 13.1 Å². The van der Waals surface area contributed by atoms with Crippen LogP contribution in [0.3, 0.4) is 0 Å². The molecule has 1 heterocycles. The Kier molecular flexibility index (Phi) is 6.96. The summed E-state index contributed by atoms with van der Waals surface area (Å²) in [7, 11) is -7.12. The molecule has 1 aliphatic rings. The zero-order chi connectivity index (χ0) is 23.5. The Morgan fingerprint density at radius 3 is 2.41 bits per heavy atom. The van der Waals surface area contributed by atoms with Crippen molar-refractivity contribution in [3.8, 4) is 0 Å². The van der Waals surface area contributed by atoms with Crippen molar-refractivity contribution in [2.45, 2.75) is 22.6 Å². The topological polar surface area (TPSA) is 127 Å². The fraction of sp³-hybridized carbons (Fsp3) is 0.300. The lowest BCUT2D eigenvalue weighted by Crippen LogP contribution is -2.46. The number of carbonyl (C=O) groups is 2.